The number of imidazole rings is 1. The highest BCUT2D eigenvalue weighted by atomic mass is 16.5. The van der Waals surface area contributed by atoms with Gasteiger partial charge in [-0.3, -0.25) is 5.84 Å². The van der Waals surface area contributed by atoms with E-state index in [1.54, 1.807) is 12.6 Å². The predicted molar refractivity (Wildman–Crippen MR) is 56.5 cm³/mol. The van der Waals surface area contributed by atoms with Crippen LogP contribution in [0.4, 0.5) is 0 Å². The second-order valence-corrected chi connectivity index (χ2v) is 3.70. The molecule has 0 spiro atoms. The quantitative estimate of drug-likeness (QED) is 0.564. The smallest absolute Gasteiger partial charge is 0.0946 e. The van der Waals surface area contributed by atoms with Crippen molar-refractivity contribution >= 4 is 0 Å². The molecule has 0 saturated carbocycles. The van der Waals surface area contributed by atoms with Crippen LogP contribution in [0.3, 0.4) is 0 Å². The summed E-state index contributed by atoms with van der Waals surface area (Å²) in [5, 5.41) is 0. The van der Waals surface area contributed by atoms with Crippen LogP contribution in [0.5, 0.6) is 0 Å². The van der Waals surface area contributed by atoms with Crippen molar-refractivity contribution < 1.29 is 4.74 Å². The first-order chi connectivity index (χ1) is 7.33. The van der Waals surface area contributed by atoms with E-state index < -0.39 is 0 Å². The number of aryl methyl sites for hydroxylation is 1. The van der Waals surface area contributed by atoms with Gasteiger partial charge < -0.3 is 9.30 Å². The van der Waals surface area contributed by atoms with Gasteiger partial charge in [0.05, 0.1) is 37.1 Å². The monoisotopic (exact) mass is 208 g/mol. The van der Waals surface area contributed by atoms with Crippen molar-refractivity contribution in [1.29, 1.82) is 0 Å². The molecule has 2 rings (SSSR count). The molecule has 0 radical (unpaired) electrons. The van der Waals surface area contributed by atoms with Gasteiger partial charge in [0.25, 0.3) is 0 Å². The lowest BCUT2D eigenvalue weighted by Gasteiger charge is -2.22. The normalized spacial score (nSPS) is 18.1. The van der Waals surface area contributed by atoms with E-state index in [4.69, 9.17) is 10.6 Å². The van der Waals surface area contributed by atoms with Gasteiger partial charge in [0.15, 0.2) is 0 Å². The van der Waals surface area contributed by atoms with E-state index >= 15 is 0 Å². The summed E-state index contributed by atoms with van der Waals surface area (Å²) in [7, 11) is 1.96. The van der Waals surface area contributed by atoms with E-state index in [0.29, 0.717) is 0 Å². The minimum Gasteiger partial charge on any atom is -0.501 e. The number of rotatable bonds is 3. The lowest BCUT2D eigenvalue weighted by Crippen LogP contribution is -2.31. The van der Waals surface area contributed by atoms with Gasteiger partial charge in [-0.15, -0.1) is 0 Å². The Morgan fingerprint density at radius 1 is 1.67 bits per heavy atom. The van der Waals surface area contributed by atoms with Crippen molar-refractivity contribution in [3.05, 3.63) is 30.1 Å². The molecule has 0 saturated heterocycles. The first-order valence-corrected chi connectivity index (χ1v) is 5.06. The molecular formula is C10H16N4O. The zero-order chi connectivity index (χ0) is 10.7. The molecule has 0 aromatic carbocycles. The van der Waals surface area contributed by atoms with Crippen LogP contribution in [0, 0.1) is 0 Å². The fourth-order valence-electron chi connectivity index (χ4n) is 1.82. The Morgan fingerprint density at radius 3 is 3.07 bits per heavy atom. The number of nitrogens with one attached hydrogen (secondary N) is 1. The van der Waals surface area contributed by atoms with Crippen molar-refractivity contribution in [2.24, 2.45) is 12.9 Å². The van der Waals surface area contributed by atoms with Crippen LogP contribution in [0.1, 0.15) is 24.6 Å². The van der Waals surface area contributed by atoms with Gasteiger partial charge in [-0.25, -0.2) is 10.4 Å². The molecule has 0 aliphatic carbocycles. The molecule has 5 heteroatoms. The van der Waals surface area contributed by atoms with Crippen LogP contribution in [0.15, 0.2) is 24.4 Å². The van der Waals surface area contributed by atoms with Gasteiger partial charge >= 0.3 is 0 Å². The topological polar surface area (TPSA) is 65.1 Å². The van der Waals surface area contributed by atoms with E-state index in [2.05, 4.69) is 10.4 Å². The van der Waals surface area contributed by atoms with Crippen LogP contribution < -0.4 is 11.3 Å². The number of nitrogens with zero attached hydrogens (tertiary/aromatic N) is 2. The van der Waals surface area contributed by atoms with Crippen LogP contribution in [-0.4, -0.2) is 16.2 Å². The fraction of sp³-hybridized carbons (Fsp3) is 0.500. The van der Waals surface area contributed by atoms with Gasteiger partial charge in [0.1, 0.15) is 0 Å². The number of nitrogens with two attached hydrogens (primary N) is 1. The largest absolute Gasteiger partial charge is 0.501 e. The summed E-state index contributed by atoms with van der Waals surface area (Å²) in [6.45, 7) is 0.798. The van der Waals surface area contributed by atoms with E-state index in [1.165, 1.54) is 5.57 Å². The molecule has 0 bridgehead atoms. The van der Waals surface area contributed by atoms with E-state index in [9.17, 15) is 0 Å². The van der Waals surface area contributed by atoms with E-state index in [0.717, 1.165) is 25.1 Å². The second kappa shape index (κ2) is 4.46. The maximum Gasteiger partial charge on any atom is 0.0946 e. The van der Waals surface area contributed by atoms with Crippen LogP contribution in [-0.2, 0) is 11.8 Å². The molecule has 82 valence electrons. The number of aromatic nitrogens is 2. The van der Waals surface area contributed by atoms with Crippen molar-refractivity contribution in [3.63, 3.8) is 0 Å². The Morgan fingerprint density at radius 2 is 2.53 bits per heavy atom. The molecule has 5 nitrogen and oxygen atoms in total. The summed E-state index contributed by atoms with van der Waals surface area (Å²) in [5.74, 6) is 5.58. The highest BCUT2D eigenvalue weighted by molar-refractivity contribution is 5.20. The summed E-state index contributed by atoms with van der Waals surface area (Å²) in [6.07, 6.45) is 7.45. The highest BCUT2D eigenvalue weighted by Crippen LogP contribution is 2.26. The average molecular weight is 208 g/mol. The highest BCUT2D eigenvalue weighted by Gasteiger charge is 2.20. The van der Waals surface area contributed by atoms with Crippen LogP contribution in [0.25, 0.3) is 0 Å². The number of hydrogen-bond acceptors (Lipinski definition) is 4. The van der Waals surface area contributed by atoms with Crippen molar-refractivity contribution in [2.45, 2.75) is 18.9 Å². The molecule has 15 heavy (non-hydrogen) atoms. The Hall–Kier alpha value is -1.33. The molecular weight excluding hydrogens is 192 g/mol. The lowest BCUT2D eigenvalue weighted by atomic mass is 10.0. The zero-order valence-electron chi connectivity index (χ0n) is 8.81. The molecule has 2 heterocycles. The standard InChI is InChI=1S/C10H16N4O/c1-14-7-12-5-9(14)10(13-11)8-3-2-4-15-6-8/h5-7,10,13H,2-4,11H2,1H3. The zero-order valence-corrected chi connectivity index (χ0v) is 8.81. The number of hydrogen-bond donors (Lipinski definition) is 2. The van der Waals surface area contributed by atoms with E-state index in [-0.39, 0.29) is 6.04 Å². The summed E-state index contributed by atoms with van der Waals surface area (Å²) in [6, 6.07) is -0.00204. The summed E-state index contributed by atoms with van der Waals surface area (Å²) in [4.78, 5) is 4.08. The third-order valence-corrected chi connectivity index (χ3v) is 2.65. The third-order valence-electron chi connectivity index (χ3n) is 2.65. The molecule has 1 atom stereocenters. The predicted octanol–water partition coefficient (Wildman–Crippen LogP) is 0.619. The number of ether oxygens (including phenoxy) is 1. The van der Waals surface area contributed by atoms with Crippen LogP contribution >= 0.6 is 0 Å². The molecule has 3 N–H and O–H groups in total. The summed E-state index contributed by atoms with van der Waals surface area (Å²) in [5.41, 5.74) is 5.03. The van der Waals surface area contributed by atoms with Gasteiger partial charge in [-0.2, -0.15) is 0 Å². The summed E-state index contributed by atoms with van der Waals surface area (Å²) >= 11 is 0. The van der Waals surface area contributed by atoms with E-state index in [1.807, 2.05) is 17.8 Å². The minimum atomic E-state index is -0.00204. The summed E-state index contributed by atoms with van der Waals surface area (Å²) < 4.78 is 7.27. The Kier molecular flexibility index (Phi) is 3.03. The van der Waals surface area contributed by atoms with Gasteiger partial charge in [-0.05, 0) is 18.4 Å². The maximum absolute atomic E-state index is 5.58. The van der Waals surface area contributed by atoms with Crippen LogP contribution in [0.2, 0.25) is 0 Å². The van der Waals surface area contributed by atoms with Gasteiger partial charge in [0.2, 0.25) is 0 Å². The molecule has 1 aliphatic heterocycles. The maximum atomic E-state index is 5.58. The van der Waals surface area contributed by atoms with Crippen molar-refractivity contribution in [1.82, 2.24) is 15.0 Å². The molecule has 0 amide bonds. The molecule has 1 aliphatic rings. The second-order valence-electron chi connectivity index (χ2n) is 3.70. The molecule has 1 aromatic rings. The fourth-order valence-corrected chi connectivity index (χ4v) is 1.82. The molecule has 0 fully saturated rings. The third kappa shape index (κ3) is 2.03. The first-order valence-electron chi connectivity index (χ1n) is 5.06. The van der Waals surface area contributed by atoms with Gasteiger partial charge in [-0.1, -0.05) is 0 Å². The molecule has 1 aromatic heterocycles. The SMILES string of the molecule is Cn1cncc1C(NN)C1=COCCC1. The number of hydrazine groups is 1. The molecule has 1 unspecified atom stereocenters. The Balaban J connectivity index is 2.24. The average Bonchev–Trinajstić information content (AvgIpc) is 2.68. The Labute approximate surface area is 88.9 Å². The first kappa shape index (κ1) is 10.2. The van der Waals surface area contributed by atoms with Gasteiger partial charge in [0, 0.05) is 7.05 Å². The lowest BCUT2D eigenvalue weighted by molar-refractivity contribution is 0.219. The Bertz CT molecular complexity index is 358. The minimum absolute atomic E-state index is 0.00204. The van der Waals surface area contributed by atoms with Crippen molar-refractivity contribution in [2.75, 3.05) is 6.61 Å². The van der Waals surface area contributed by atoms with Crippen molar-refractivity contribution in [3.8, 4) is 0 Å².